The lowest BCUT2D eigenvalue weighted by Crippen LogP contribution is -2.29. The van der Waals surface area contributed by atoms with Gasteiger partial charge < -0.3 is 14.6 Å². The van der Waals surface area contributed by atoms with E-state index in [4.69, 9.17) is 9.47 Å². The number of aliphatic hydroxyl groups is 1. The average Bonchev–Trinajstić information content (AvgIpc) is 3.11. The molecule has 7 nitrogen and oxygen atoms in total. The minimum Gasteiger partial charge on any atom is -0.507 e. The van der Waals surface area contributed by atoms with Crippen LogP contribution in [-0.4, -0.2) is 35.0 Å². The molecule has 4 rings (SSSR count). The van der Waals surface area contributed by atoms with Crippen molar-refractivity contribution in [2.45, 2.75) is 19.9 Å². The van der Waals surface area contributed by atoms with Gasteiger partial charge in [0.05, 0.1) is 24.5 Å². The molecule has 2 aromatic carbocycles. The maximum Gasteiger partial charge on any atom is 0.300 e. The zero-order chi connectivity index (χ0) is 23.4. The summed E-state index contributed by atoms with van der Waals surface area (Å²) in [5.41, 5.74) is 1.32. The number of ether oxygens (including phenoxy) is 2. The molecular weight excluding hydrogens is 420 g/mol. The van der Waals surface area contributed by atoms with Gasteiger partial charge in [0.1, 0.15) is 23.3 Å². The number of amides is 1. The van der Waals surface area contributed by atoms with Gasteiger partial charge in [0.25, 0.3) is 11.7 Å². The largest absolute Gasteiger partial charge is 0.507 e. The molecule has 168 valence electrons. The second-order valence-corrected chi connectivity index (χ2v) is 7.31. The van der Waals surface area contributed by atoms with Gasteiger partial charge in [-0.2, -0.15) is 0 Å². The molecule has 0 radical (unpaired) electrons. The van der Waals surface area contributed by atoms with E-state index in [0.717, 1.165) is 0 Å². The molecule has 1 unspecified atom stereocenters. The molecule has 3 aromatic rings. The fourth-order valence-electron chi connectivity index (χ4n) is 3.84. The number of Topliss-reactive ketones (excluding diaryl/α,β-unsaturated/α-hetero) is 1. The number of aliphatic hydroxyl groups excluding tert-OH is 1. The van der Waals surface area contributed by atoms with Crippen LogP contribution < -0.4 is 14.4 Å². The van der Waals surface area contributed by atoms with E-state index in [2.05, 4.69) is 4.98 Å². The molecule has 0 saturated carbocycles. The zero-order valence-electron chi connectivity index (χ0n) is 18.4. The summed E-state index contributed by atoms with van der Waals surface area (Å²) in [5, 5.41) is 11.2. The third kappa shape index (κ3) is 4.30. The second-order valence-electron chi connectivity index (χ2n) is 7.31. The predicted molar refractivity (Wildman–Crippen MR) is 124 cm³/mol. The van der Waals surface area contributed by atoms with Crippen molar-refractivity contribution in [1.82, 2.24) is 4.98 Å². The lowest BCUT2D eigenvalue weighted by molar-refractivity contribution is -0.132. The molecule has 33 heavy (non-hydrogen) atoms. The van der Waals surface area contributed by atoms with Crippen LogP contribution in [0.3, 0.4) is 0 Å². The molecule has 1 fully saturated rings. The zero-order valence-corrected chi connectivity index (χ0v) is 18.4. The lowest BCUT2D eigenvalue weighted by Gasteiger charge is -2.25. The SMILES string of the molecule is CCOc1ccc(/C(O)=C2\C(=O)C(=O)N(c3cccc(OCC)c3)C2c2ccccn2)cc1. The number of ketones is 1. The standard InChI is InChI=1S/C26H24N2O5/c1-3-32-19-13-11-17(12-14-19)24(29)22-23(21-10-5-6-15-27-21)28(26(31)25(22)30)18-8-7-9-20(16-18)33-4-2/h5-16,23,29H,3-4H2,1-2H3/b24-22+. The van der Waals surface area contributed by atoms with Crippen LogP contribution >= 0.6 is 0 Å². The van der Waals surface area contributed by atoms with E-state index in [0.29, 0.717) is 41.7 Å². The molecule has 7 heteroatoms. The van der Waals surface area contributed by atoms with Gasteiger partial charge in [-0.05, 0) is 62.4 Å². The van der Waals surface area contributed by atoms with E-state index in [-0.39, 0.29) is 11.3 Å². The van der Waals surface area contributed by atoms with Crippen LogP contribution in [0.1, 0.15) is 31.1 Å². The number of hydrogen-bond donors (Lipinski definition) is 1. The van der Waals surface area contributed by atoms with Crippen LogP contribution in [0.15, 0.2) is 78.5 Å². The summed E-state index contributed by atoms with van der Waals surface area (Å²) in [7, 11) is 0. The van der Waals surface area contributed by atoms with Gasteiger partial charge in [0.15, 0.2) is 0 Å². The number of pyridine rings is 1. The van der Waals surface area contributed by atoms with Crippen LogP contribution in [0, 0.1) is 0 Å². The molecule has 1 aliphatic heterocycles. The van der Waals surface area contributed by atoms with Gasteiger partial charge in [-0.25, -0.2) is 0 Å². The Labute approximate surface area is 191 Å². The average molecular weight is 444 g/mol. The summed E-state index contributed by atoms with van der Waals surface area (Å²) >= 11 is 0. The topological polar surface area (TPSA) is 89.0 Å². The summed E-state index contributed by atoms with van der Waals surface area (Å²) in [6.45, 7) is 4.72. The van der Waals surface area contributed by atoms with Crippen molar-refractivity contribution in [3.63, 3.8) is 0 Å². The van der Waals surface area contributed by atoms with Gasteiger partial charge in [0, 0.05) is 23.5 Å². The number of carbonyl (C=O) groups is 2. The summed E-state index contributed by atoms with van der Waals surface area (Å²) in [4.78, 5) is 32.1. The molecule has 1 atom stereocenters. The van der Waals surface area contributed by atoms with Crippen molar-refractivity contribution in [3.8, 4) is 11.5 Å². The first-order valence-corrected chi connectivity index (χ1v) is 10.7. The van der Waals surface area contributed by atoms with Crippen molar-refractivity contribution in [3.05, 3.63) is 89.8 Å². The Kier molecular flexibility index (Phi) is 6.40. The van der Waals surface area contributed by atoms with Gasteiger partial charge in [0.2, 0.25) is 0 Å². The van der Waals surface area contributed by atoms with Crippen LogP contribution in [0.25, 0.3) is 5.76 Å². The van der Waals surface area contributed by atoms with E-state index in [1.54, 1.807) is 72.9 Å². The van der Waals surface area contributed by atoms with E-state index < -0.39 is 17.7 Å². The molecule has 1 amide bonds. The third-order valence-corrected chi connectivity index (χ3v) is 5.26. The van der Waals surface area contributed by atoms with Crippen molar-refractivity contribution >= 4 is 23.1 Å². The minimum absolute atomic E-state index is 0.0235. The first-order chi connectivity index (χ1) is 16.0. The molecule has 1 saturated heterocycles. The predicted octanol–water partition coefficient (Wildman–Crippen LogP) is 4.51. The monoisotopic (exact) mass is 444 g/mol. The summed E-state index contributed by atoms with van der Waals surface area (Å²) in [5.74, 6) is -0.576. The van der Waals surface area contributed by atoms with Crippen LogP contribution in [-0.2, 0) is 9.59 Å². The summed E-state index contributed by atoms with van der Waals surface area (Å²) in [6, 6.07) is 18.0. The Morgan fingerprint density at radius 2 is 1.67 bits per heavy atom. The highest BCUT2D eigenvalue weighted by molar-refractivity contribution is 6.51. The lowest BCUT2D eigenvalue weighted by atomic mass is 9.98. The fraction of sp³-hybridized carbons (Fsp3) is 0.192. The van der Waals surface area contributed by atoms with Gasteiger partial charge in [-0.1, -0.05) is 12.1 Å². The molecule has 0 aliphatic carbocycles. The highest BCUT2D eigenvalue weighted by Gasteiger charge is 2.47. The Balaban J connectivity index is 1.86. The second kappa shape index (κ2) is 9.56. The molecule has 0 bridgehead atoms. The first-order valence-electron chi connectivity index (χ1n) is 10.7. The Morgan fingerprint density at radius 1 is 0.939 bits per heavy atom. The maximum atomic E-state index is 13.2. The van der Waals surface area contributed by atoms with E-state index in [1.807, 2.05) is 13.8 Å². The van der Waals surface area contributed by atoms with E-state index in [1.165, 1.54) is 4.90 Å². The summed E-state index contributed by atoms with van der Waals surface area (Å²) in [6.07, 6.45) is 1.59. The molecule has 0 spiro atoms. The van der Waals surface area contributed by atoms with Gasteiger partial charge in [-0.15, -0.1) is 0 Å². The van der Waals surface area contributed by atoms with Crippen molar-refractivity contribution in [1.29, 1.82) is 0 Å². The molecule has 2 heterocycles. The van der Waals surface area contributed by atoms with E-state index >= 15 is 0 Å². The fourth-order valence-corrected chi connectivity index (χ4v) is 3.84. The summed E-state index contributed by atoms with van der Waals surface area (Å²) < 4.78 is 11.0. The van der Waals surface area contributed by atoms with Crippen molar-refractivity contribution in [2.24, 2.45) is 0 Å². The molecular formula is C26H24N2O5. The van der Waals surface area contributed by atoms with Crippen LogP contribution in [0.2, 0.25) is 0 Å². The number of benzene rings is 2. The molecule has 1 aliphatic rings. The minimum atomic E-state index is -0.894. The maximum absolute atomic E-state index is 13.2. The van der Waals surface area contributed by atoms with Gasteiger partial charge in [-0.3, -0.25) is 19.5 Å². The smallest absolute Gasteiger partial charge is 0.300 e. The first kappa shape index (κ1) is 22.1. The Bertz CT molecular complexity index is 1190. The number of rotatable bonds is 7. The van der Waals surface area contributed by atoms with Crippen LogP contribution in [0.4, 0.5) is 5.69 Å². The van der Waals surface area contributed by atoms with E-state index in [9.17, 15) is 14.7 Å². The number of anilines is 1. The number of carbonyl (C=O) groups excluding carboxylic acids is 2. The number of nitrogens with zero attached hydrogens (tertiary/aromatic N) is 2. The normalized spacial score (nSPS) is 17.3. The number of aromatic nitrogens is 1. The van der Waals surface area contributed by atoms with Crippen molar-refractivity contribution in [2.75, 3.05) is 18.1 Å². The molecule has 1 aromatic heterocycles. The third-order valence-electron chi connectivity index (χ3n) is 5.26. The Morgan fingerprint density at radius 3 is 2.33 bits per heavy atom. The highest BCUT2D eigenvalue weighted by atomic mass is 16.5. The van der Waals surface area contributed by atoms with Gasteiger partial charge >= 0.3 is 0 Å². The highest BCUT2D eigenvalue weighted by Crippen LogP contribution is 2.42. The van der Waals surface area contributed by atoms with Crippen molar-refractivity contribution < 1.29 is 24.2 Å². The number of hydrogen-bond acceptors (Lipinski definition) is 6. The van der Waals surface area contributed by atoms with Crippen LogP contribution in [0.5, 0.6) is 11.5 Å². The quantitative estimate of drug-likeness (QED) is 0.328. The Hall–Kier alpha value is -4.13. The molecule has 1 N–H and O–H groups in total.